The number of nitrogens with one attached hydrogen (secondary N) is 1. The van der Waals surface area contributed by atoms with Gasteiger partial charge in [0, 0.05) is 17.2 Å². The van der Waals surface area contributed by atoms with Crippen molar-refractivity contribution in [2.45, 2.75) is 0 Å². The zero-order valence-electron chi connectivity index (χ0n) is 13.0. The van der Waals surface area contributed by atoms with Crippen molar-refractivity contribution in [2.75, 3.05) is 6.79 Å². The molecule has 6 heteroatoms. The van der Waals surface area contributed by atoms with Crippen molar-refractivity contribution in [1.82, 2.24) is 5.43 Å². The second-order valence-electron chi connectivity index (χ2n) is 5.49. The van der Waals surface area contributed by atoms with Crippen molar-refractivity contribution >= 4 is 34.5 Å². The number of halogens is 1. The number of carbonyl (C=O) groups excluding carboxylic acids is 1. The molecule has 0 radical (unpaired) electrons. The van der Waals surface area contributed by atoms with E-state index < -0.39 is 0 Å². The maximum atomic E-state index is 12.2. The van der Waals surface area contributed by atoms with Gasteiger partial charge in [-0.05, 0) is 29.0 Å². The number of nitrogens with zero attached hydrogens (tertiary/aromatic N) is 1. The number of carbonyl (C=O) groups is 1. The molecular formula is C19H13ClN2O3. The number of hydrazone groups is 1. The normalized spacial score (nSPS) is 12.7. The summed E-state index contributed by atoms with van der Waals surface area (Å²) < 4.78 is 10.6. The Morgan fingerprint density at radius 3 is 2.64 bits per heavy atom. The Kier molecular flexibility index (Phi) is 3.99. The summed E-state index contributed by atoms with van der Waals surface area (Å²) >= 11 is 6.17. The lowest BCUT2D eigenvalue weighted by atomic mass is 10.1. The van der Waals surface area contributed by atoms with Gasteiger partial charge in [-0.25, -0.2) is 5.43 Å². The predicted octanol–water partition coefficient (Wildman–Crippen LogP) is 3.99. The molecular weight excluding hydrogens is 340 g/mol. The van der Waals surface area contributed by atoms with Crippen LogP contribution in [0.25, 0.3) is 10.8 Å². The second-order valence-corrected chi connectivity index (χ2v) is 5.90. The van der Waals surface area contributed by atoms with Gasteiger partial charge in [0.25, 0.3) is 5.91 Å². The zero-order chi connectivity index (χ0) is 17.2. The van der Waals surface area contributed by atoms with Crippen molar-refractivity contribution in [1.29, 1.82) is 0 Å². The fourth-order valence-corrected chi connectivity index (χ4v) is 2.79. The Bertz CT molecular complexity index is 1000. The second kappa shape index (κ2) is 6.45. The van der Waals surface area contributed by atoms with Crippen LogP contribution in [0.2, 0.25) is 5.02 Å². The Hall–Kier alpha value is -3.05. The quantitative estimate of drug-likeness (QED) is 0.573. The van der Waals surface area contributed by atoms with Gasteiger partial charge >= 0.3 is 0 Å². The van der Waals surface area contributed by atoms with Crippen LogP contribution in [-0.4, -0.2) is 18.9 Å². The third-order valence-electron chi connectivity index (χ3n) is 3.87. The van der Waals surface area contributed by atoms with E-state index in [-0.39, 0.29) is 12.7 Å². The number of benzene rings is 3. The smallest absolute Gasteiger partial charge is 0.271 e. The van der Waals surface area contributed by atoms with Crippen molar-refractivity contribution in [3.8, 4) is 11.5 Å². The van der Waals surface area contributed by atoms with E-state index in [4.69, 9.17) is 21.1 Å². The number of amides is 1. The van der Waals surface area contributed by atoms with Gasteiger partial charge in [0.15, 0.2) is 11.5 Å². The van der Waals surface area contributed by atoms with E-state index >= 15 is 0 Å². The maximum Gasteiger partial charge on any atom is 0.271 e. The van der Waals surface area contributed by atoms with Crippen LogP contribution in [0.4, 0.5) is 0 Å². The summed E-state index contributed by atoms with van der Waals surface area (Å²) in [7, 11) is 0. The molecule has 0 fully saturated rings. The summed E-state index contributed by atoms with van der Waals surface area (Å²) in [6.07, 6.45) is 1.48. The fraction of sp³-hybridized carbons (Fsp3) is 0.0526. The van der Waals surface area contributed by atoms with Crippen LogP contribution in [0.1, 0.15) is 15.9 Å². The predicted molar refractivity (Wildman–Crippen MR) is 96.6 cm³/mol. The van der Waals surface area contributed by atoms with Gasteiger partial charge in [0.05, 0.1) is 11.2 Å². The van der Waals surface area contributed by atoms with Gasteiger partial charge in [0.1, 0.15) is 0 Å². The molecule has 3 aromatic carbocycles. The Morgan fingerprint density at radius 1 is 1.04 bits per heavy atom. The minimum atomic E-state index is -0.293. The molecule has 3 aromatic rings. The van der Waals surface area contributed by atoms with Crippen LogP contribution >= 0.6 is 11.6 Å². The van der Waals surface area contributed by atoms with E-state index in [1.54, 1.807) is 18.2 Å². The topological polar surface area (TPSA) is 59.9 Å². The van der Waals surface area contributed by atoms with Crippen molar-refractivity contribution in [2.24, 2.45) is 5.10 Å². The molecule has 0 bridgehead atoms. The van der Waals surface area contributed by atoms with Gasteiger partial charge in [-0.3, -0.25) is 4.79 Å². The summed E-state index contributed by atoms with van der Waals surface area (Å²) in [5.41, 5.74) is 3.67. The highest BCUT2D eigenvalue weighted by atomic mass is 35.5. The first kappa shape index (κ1) is 15.5. The third-order valence-corrected chi connectivity index (χ3v) is 4.20. The molecule has 0 aliphatic carbocycles. The Morgan fingerprint density at radius 2 is 1.80 bits per heavy atom. The molecule has 0 atom stereocenters. The highest BCUT2D eigenvalue weighted by Gasteiger charge is 2.15. The molecule has 4 rings (SSSR count). The molecule has 0 aromatic heterocycles. The maximum absolute atomic E-state index is 12.2. The summed E-state index contributed by atoms with van der Waals surface area (Å²) in [6.45, 7) is 0.172. The highest BCUT2D eigenvalue weighted by Crippen LogP contribution is 2.36. The van der Waals surface area contributed by atoms with E-state index in [1.165, 1.54) is 6.21 Å². The number of rotatable bonds is 3. The third kappa shape index (κ3) is 3.14. The zero-order valence-corrected chi connectivity index (χ0v) is 13.8. The summed E-state index contributed by atoms with van der Waals surface area (Å²) in [6, 6.07) is 16.7. The number of fused-ring (bicyclic) bond motifs is 2. The summed E-state index contributed by atoms with van der Waals surface area (Å²) in [5, 5.41) is 6.52. The molecule has 0 saturated heterocycles. The van der Waals surface area contributed by atoms with Gasteiger partial charge in [0.2, 0.25) is 6.79 Å². The molecule has 1 aliphatic heterocycles. The van der Waals surface area contributed by atoms with E-state index in [9.17, 15) is 4.79 Å². The van der Waals surface area contributed by atoms with Crippen LogP contribution < -0.4 is 14.9 Å². The first-order valence-electron chi connectivity index (χ1n) is 7.62. The lowest BCUT2D eigenvalue weighted by Gasteiger charge is -2.03. The van der Waals surface area contributed by atoms with Crippen molar-refractivity contribution < 1.29 is 14.3 Å². The molecule has 0 saturated carbocycles. The fourth-order valence-electron chi connectivity index (χ4n) is 2.59. The van der Waals surface area contributed by atoms with Gasteiger partial charge < -0.3 is 9.47 Å². The summed E-state index contributed by atoms with van der Waals surface area (Å²) in [4.78, 5) is 12.2. The van der Waals surface area contributed by atoms with Crippen LogP contribution in [0, 0.1) is 0 Å². The SMILES string of the molecule is O=C(N/N=C\c1cc2c(cc1Cl)OCO2)c1ccc2ccccc2c1. The lowest BCUT2D eigenvalue weighted by Crippen LogP contribution is -2.17. The minimum Gasteiger partial charge on any atom is -0.454 e. The molecule has 0 spiro atoms. The standard InChI is InChI=1S/C19H13ClN2O3/c20-16-9-18-17(24-11-25-18)8-15(16)10-21-22-19(23)14-6-5-12-3-1-2-4-13(12)7-14/h1-10H,11H2,(H,22,23)/b21-10-. The van der Waals surface area contributed by atoms with Crippen molar-refractivity contribution in [3.63, 3.8) is 0 Å². The van der Waals surface area contributed by atoms with Crippen LogP contribution in [0.5, 0.6) is 11.5 Å². The molecule has 0 unspecified atom stereocenters. The Balaban J connectivity index is 1.50. The first-order chi connectivity index (χ1) is 12.2. The molecule has 5 nitrogen and oxygen atoms in total. The van der Waals surface area contributed by atoms with E-state index in [0.29, 0.717) is 27.6 Å². The number of hydrogen-bond acceptors (Lipinski definition) is 4. The van der Waals surface area contributed by atoms with Crippen molar-refractivity contribution in [3.05, 3.63) is 70.7 Å². The lowest BCUT2D eigenvalue weighted by molar-refractivity contribution is 0.0955. The molecule has 1 heterocycles. The molecule has 124 valence electrons. The van der Waals surface area contributed by atoms with Gasteiger partial charge in [-0.2, -0.15) is 5.10 Å². The largest absolute Gasteiger partial charge is 0.454 e. The van der Waals surface area contributed by atoms with Crippen LogP contribution in [0.15, 0.2) is 59.7 Å². The van der Waals surface area contributed by atoms with Crippen LogP contribution in [0.3, 0.4) is 0 Å². The summed E-state index contributed by atoms with van der Waals surface area (Å²) in [5.74, 6) is 0.910. The molecule has 1 amide bonds. The van der Waals surface area contributed by atoms with E-state index in [1.807, 2.05) is 36.4 Å². The molecule has 1 N–H and O–H groups in total. The van der Waals surface area contributed by atoms with E-state index in [0.717, 1.165) is 10.8 Å². The van der Waals surface area contributed by atoms with Crippen LogP contribution in [-0.2, 0) is 0 Å². The highest BCUT2D eigenvalue weighted by molar-refractivity contribution is 6.33. The monoisotopic (exact) mass is 352 g/mol. The number of hydrogen-bond donors (Lipinski definition) is 1. The van der Waals surface area contributed by atoms with Gasteiger partial charge in [-0.1, -0.05) is 41.9 Å². The average molecular weight is 353 g/mol. The minimum absolute atomic E-state index is 0.172. The average Bonchev–Trinajstić information content (AvgIpc) is 3.08. The first-order valence-corrected chi connectivity index (χ1v) is 8.00. The molecule has 1 aliphatic rings. The molecule has 25 heavy (non-hydrogen) atoms. The number of ether oxygens (including phenoxy) is 2. The van der Waals surface area contributed by atoms with Gasteiger partial charge in [-0.15, -0.1) is 0 Å². The van der Waals surface area contributed by atoms with E-state index in [2.05, 4.69) is 10.5 Å². The Labute approximate surface area is 148 Å².